The topological polar surface area (TPSA) is 63.9 Å². The van der Waals surface area contributed by atoms with Crippen LogP contribution in [-0.4, -0.2) is 59.5 Å². The number of aliphatic hydroxyl groups excluding tert-OH is 1. The summed E-state index contributed by atoms with van der Waals surface area (Å²) in [7, 11) is 0. The molecule has 0 spiro atoms. The molecule has 2 heterocycles. The first-order valence-electron chi connectivity index (χ1n) is 12.3. The lowest BCUT2D eigenvalue weighted by atomic mass is 9.99. The Morgan fingerprint density at radius 1 is 1.12 bits per heavy atom. The summed E-state index contributed by atoms with van der Waals surface area (Å²) in [6.07, 6.45) is 1.80. The number of aromatic nitrogens is 1. The van der Waals surface area contributed by atoms with Gasteiger partial charge in [0, 0.05) is 23.3 Å². The standard InChI is InChI=1S/C28H36N2O4/c1-5-33-28(32)27-21(4)30(22-8-6-19(2)7-9-22)26-11-10-24(16-25(26)27)34-18-23(31)17-29-14-12-20(3)13-15-29/h6-11,16,20,23,31H,5,12-15,17-18H2,1-4H3/t23-/m0/s1. The van der Waals surface area contributed by atoms with E-state index < -0.39 is 6.10 Å². The average molecular weight is 465 g/mol. The van der Waals surface area contributed by atoms with Gasteiger partial charge in [0.25, 0.3) is 0 Å². The third kappa shape index (κ3) is 5.29. The van der Waals surface area contributed by atoms with E-state index >= 15 is 0 Å². The molecule has 6 heteroatoms. The lowest BCUT2D eigenvalue weighted by Crippen LogP contribution is -2.40. The first-order chi connectivity index (χ1) is 16.4. The smallest absolute Gasteiger partial charge is 0.340 e. The molecule has 6 nitrogen and oxygen atoms in total. The first kappa shape index (κ1) is 24.3. The van der Waals surface area contributed by atoms with Crippen molar-refractivity contribution in [1.82, 2.24) is 9.47 Å². The Morgan fingerprint density at radius 3 is 2.50 bits per heavy atom. The van der Waals surface area contributed by atoms with Crippen molar-refractivity contribution in [3.8, 4) is 11.4 Å². The zero-order chi connectivity index (χ0) is 24.2. The van der Waals surface area contributed by atoms with E-state index in [-0.39, 0.29) is 12.6 Å². The maximum atomic E-state index is 12.9. The third-order valence-corrected chi connectivity index (χ3v) is 6.73. The van der Waals surface area contributed by atoms with Crippen molar-refractivity contribution in [2.75, 3.05) is 32.8 Å². The van der Waals surface area contributed by atoms with Crippen LogP contribution in [0.25, 0.3) is 16.6 Å². The number of nitrogens with zero attached hydrogens (tertiary/aromatic N) is 2. The third-order valence-electron chi connectivity index (χ3n) is 6.73. The average Bonchev–Trinajstić information content (AvgIpc) is 3.11. The fourth-order valence-corrected chi connectivity index (χ4v) is 4.76. The largest absolute Gasteiger partial charge is 0.491 e. The second-order valence-electron chi connectivity index (χ2n) is 9.48. The van der Waals surface area contributed by atoms with Crippen LogP contribution < -0.4 is 4.74 Å². The minimum Gasteiger partial charge on any atom is -0.491 e. The highest BCUT2D eigenvalue weighted by Crippen LogP contribution is 2.33. The number of β-amino-alcohol motifs (C(OH)–C–C–N with tert-alkyl or cyclic N) is 1. The molecule has 1 N–H and O–H groups in total. The van der Waals surface area contributed by atoms with Gasteiger partial charge in [-0.05, 0) is 83.0 Å². The summed E-state index contributed by atoms with van der Waals surface area (Å²) in [5.41, 5.74) is 4.46. The number of fused-ring (bicyclic) bond motifs is 1. The van der Waals surface area contributed by atoms with Crippen LogP contribution >= 0.6 is 0 Å². The second kappa shape index (κ2) is 10.6. The monoisotopic (exact) mass is 464 g/mol. The number of carbonyl (C=O) groups excluding carboxylic acids is 1. The van der Waals surface area contributed by atoms with Gasteiger partial charge in [-0.15, -0.1) is 0 Å². The van der Waals surface area contributed by atoms with E-state index in [0.717, 1.165) is 41.3 Å². The quantitative estimate of drug-likeness (QED) is 0.481. The minimum atomic E-state index is -0.562. The molecule has 1 aliphatic heterocycles. The molecule has 1 saturated heterocycles. The molecule has 182 valence electrons. The Balaban J connectivity index is 1.58. The molecule has 1 fully saturated rings. The van der Waals surface area contributed by atoms with Crippen LogP contribution in [0.4, 0.5) is 0 Å². The Morgan fingerprint density at radius 2 is 1.82 bits per heavy atom. The number of piperidine rings is 1. The molecule has 1 aliphatic rings. The molecule has 0 saturated carbocycles. The molecule has 0 unspecified atom stereocenters. The van der Waals surface area contributed by atoms with Gasteiger partial charge in [-0.3, -0.25) is 0 Å². The van der Waals surface area contributed by atoms with Gasteiger partial charge in [0.05, 0.1) is 17.7 Å². The van der Waals surface area contributed by atoms with E-state index in [2.05, 4.69) is 47.6 Å². The number of benzene rings is 2. The summed E-state index contributed by atoms with van der Waals surface area (Å²) in [6, 6.07) is 14.0. The number of aliphatic hydroxyl groups is 1. The molecule has 4 rings (SSSR count). The van der Waals surface area contributed by atoms with E-state index in [1.54, 1.807) is 0 Å². The molecule has 0 bridgehead atoms. The Kier molecular flexibility index (Phi) is 7.59. The number of hydrogen-bond donors (Lipinski definition) is 1. The zero-order valence-corrected chi connectivity index (χ0v) is 20.7. The molecular weight excluding hydrogens is 428 g/mol. The summed E-state index contributed by atoms with van der Waals surface area (Å²) >= 11 is 0. The van der Waals surface area contributed by atoms with Crippen LogP contribution in [0.2, 0.25) is 0 Å². The fourth-order valence-electron chi connectivity index (χ4n) is 4.76. The number of hydrogen-bond acceptors (Lipinski definition) is 5. The fraction of sp³-hybridized carbons (Fsp3) is 0.464. The van der Waals surface area contributed by atoms with Crippen molar-refractivity contribution >= 4 is 16.9 Å². The second-order valence-corrected chi connectivity index (χ2v) is 9.48. The normalized spacial score (nSPS) is 16.0. The van der Waals surface area contributed by atoms with Gasteiger partial charge in [-0.2, -0.15) is 0 Å². The van der Waals surface area contributed by atoms with E-state index in [1.165, 1.54) is 18.4 Å². The van der Waals surface area contributed by atoms with Crippen LogP contribution in [0.15, 0.2) is 42.5 Å². The van der Waals surface area contributed by atoms with Crippen molar-refractivity contribution in [2.24, 2.45) is 5.92 Å². The highest BCUT2D eigenvalue weighted by atomic mass is 16.5. The molecule has 1 atom stereocenters. The van der Waals surface area contributed by atoms with Crippen molar-refractivity contribution in [1.29, 1.82) is 0 Å². The van der Waals surface area contributed by atoms with Crippen molar-refractivity contribution < 1.29 is 19.4 Å². The predicted molar refractivity (Wildman–Crippen MR) is 135 cm³/mol. The Hall–Kier alpha value is -2.83. The molecule has 0 radical (unpaired) electrons. The van der Waals surface area contributed by atoms with Crippen LogP contribution in [0.3, 0.4) is 0 Å². The van der Waals surface area contributed by atoms with Crippen LogP contribution in [0, 0.1) is 19.8 Å². The molecule has 2 aromatic carbocycles. The number of ether oxygens (including phenoxy) is 2. The Labute approximate surface area is 202 Å². The maximum Gasteiger partial charge on any atom is 0.340 e. The number of aryl methyl sites for hydroxylation is 1. The molecule has 0 aliphatic carbocycles. The highest BCUT2D eigenvalue weighted by Gasteiger charge is 2.23. The highest BCUT2D eigenvalue weighted by molar-refractivity contribution is 6.07. The van der Waals surface area contributed by atoms with E-state index in [4.69, 9.17) is 9.47 Å². The molecule has 0 amide bonds. The van der Waals surface area contributed by atoms with E-state index in [9.17, 15) is 9.90 Å². The SMILES string of the molecule is CCOC(=O)c1c(C)n(-c2ccc(C)cc2)c2ccc(OC[C@@H](O)CN3CCC(C)CC3)cc12. The van der Waals surface area contributed by atoms with Gasteiger partial charge >= 0.3 is 5.97 Å². The number of rotatable bonds is 8. The summed E-state index contributed by atoms with van der Waals surface area (Å²) in [4.78, 5) is 15.2. The molecular formula is C28H36N2O4. The van der Waals surface area contributed by atoms with Gasteiger partial charge in [-0.25, -0.2) is 4.79 Å². The molecule has 3 aromatic rings. The van der Waals surface area contributed by atoms with Crippen LogP contribution in [0.1, 0.15) is 48.3 Å². The number of likely N-dealkylation sites (tertiary alicyclic amines) is 1. The van der Waals surface area contributed by atoms with Gasteiger partial charge < -0.3 is 24.0 Å². The number of esters is 1. The van der Waals surface area contributed by atoms with Crippen molar-refractivity contribution in [3.63, 3.8) is 0 Å². The minimum absolute atomic E-state index is 0.212. The lowest BCUT2D eigenvalue weighted by molar-refractivity contribution is 0.0527. The van der Waals surface area contributed by atoms with Gasteiger partial charge in [-0.1, -0.05) is 24.6 Å². The number of carbonyl (C=O) groups is 1. The van der Waals surface area contributed by atoms with Crippen molar-refractivity contribution in [2.45, 2.75) is 46.6 Å². The van der Waals surface area contributed by atoms with E-state index in [1.807, 2.05) is 32.0 Å². The van der Waals surface area contributed by atoms with Gasteiger partial charge in [0.15, 0.2) is 0 Å². The van der Waals surface area contributed by atoms with Gasteiger partial charge in [0.2, 0.25) is 0 Å². The maximum absolute atomic E-state index is 12.9. The van der Waals surface area contributed by atoms with Crippen LogP contribution in [0.5, 0.6) is 5.75 Å². The molecule has 34 heavy (non-hydrogen) atoms. The van der Waals surface area contributed by atoms with Crippen molar-refractivity contribution in [3.05, 3.63) is 59.3 Å². The first-order valence-corrected chi connectivity index (χ1v) is 12.3. The lowest BCUT2D eigenvalue weighted by Gasteiger charge is -2.31. The summed E-state index contributed by atoms with van der Waals surface area (Å²) in [5, 5.41) is 11.3. The summed E-state index contributed by atoms with van der Waals surface area (Å²) < 4.78 is 13.4. The summed E-state index contributed by atoms with van der Waals surface area (Å²) in [6.45, 7) is 11.3. The summed E-state index contributed by atoms with van der Waals surface area (Å²) in [5.74, 6) is 1.05. The Bertz CT molecular complexity index is 1130. The van der Waals surface area contributed by atoms with Gasteiger partial charge in [0.1, 0.15) is 18.5 Å². The molecule has 1 aromatic heterocycles. The predicted octanol–water partition coefficient (Wildman–Crippen LogP) is 4.90. The zero-order valence-electron chi connectivity index (χ0n) is 20.7. The van der Waals surface area contributed by atoms with Crippen LogP contribution in [-0.2, 0) is 4.74 Å². The van der Waals surface area contributed by atoms with E-state index in [0.29, 0.717) is 24.5 Å².